The quantitative estimate of drug-likeness (QED) is 0.397. The van der Waals surface area contributed by atoms with Crippen LogP contribution in [0.15, 0.2) is 29.5 Å². The molecule has 0 saturated heterocycles. The van der Waals surface area contributed by atoms with Crippen molar-refractivity contribution in [2.45, 2.75) is 59.3 Å². The Morgan fingerprint density at radius 1 is 1.00 bits per heavy atom. The van der Waals surface area contributed by atoms with Crippen LogP contribution in [0.25, 0.3) is 6.08 Å². The molecule has 0 N–H and O–H groups in total. The topological polar surface area (TPSA) is 9.23 Å². The number of benzene rings is 1. The molecule has 3 heteroatoms. The van der Waals surface area contributed by atoms with Gasteiger partial charge in [-0.2, -0.15) is 0 Å². The van der Waals surface area contributed by atoms with Gasteiger partial charge in [-0.1, -0.05) is 69.7 Å². The van der Waals surface area contributed by atoms with Crippen molar-refractivity contribution in [3.8, 4) is 5.75 Å². The van der Waals surface area contributed by atoms with Gasteiger partial charge in [-0.05, 0) is 52.3 Å². The first-order valence-corrected chi connectivity index (χ1v) is 10.3. The zero-order valence-electron chi connectivity index (χ0n) is 15.5. The molecule has 0 radical (unpaired) electrons. The molecule has 1 aromatic carbocycles. The first-order valence-electron chi connectivity index (χ1n) is 8.02. The lowest BCUT2D eigenvalue weighted by Gasteiger charge is -2.30. The molecule has 0 bridgehead atoms. The lowest BCUT2D eigenvalue weighted by atomic mass is 9.78. The number of rotatable bonds is 6. The van der Waals surface area contributed by atoms with Gasteiger partial charge in [0, 0.05) is 11.1 Å². The lowest BCUT2D eigenvalue weighted by molar-refractivity contribution is 0.319. The second kappa shape index (κ2) is 8.34. The summed E-state index contributed by atoms with van der Waals surface area (Å²) in [6.07, 6.45) is 2.17. The van der Waals surface area contributed by atoms with Gasteiger partial charge in [0.15, 0.2) is 0 Å². The van der Waals surface area contributed by atoms with E-state index in [2.05, 4.69) is 78.7 Å². The highest BCUT2D eigenvalue weighted by atomic mass is 33.1. The molecule has 0 spiro atoms. The minimum Gasteiger partial charge on any atom is -0.493 e. The van der Waals surface area contributed by atoms with E-state index in [1.54, 1.807) is 21.6 Å². The summed E-state index contributed by atoms with van der Waals surface area (Å²) in [6.45, 7) is 19.9. The Morgan fingerprint density at radius 2 is 1.52 bits per heavy atom. The van der Waals surface area contributed by atoms with Crippen LogP contribution in [0, 0.1) is 0 Å². The van der Waals surface area contributed by atoms with Crippen molar-refractivity contribution >= 4 is 27.7 Å². The summed E-state index contributed by atoms with van der Waals surface area (Å²) >= 11 is 0. The molecule has 1 rings (SSSR count). The smallest absolute Gasteiger partial charge is 0.126 e. The van der Waals surface area contributed by atoms with Crippen LogP contribution in [-0.4, -0.2) is 6.61 Å². The molecule has 0 aliphatic heterocycles. The zero-order valence-corrected chi connectivity index (χ0v) is 17.2. The fourth-order valence-electron chi connectivity index (χ4n) is 2.34. The van der Waals surface area contributed by atoms with Gasteiger partial charge < -0.3 is 4.74 Å². The van der Waals surface area contributed by atoms with Gasteiger partial charge in [-0.3, -0.25) is 0 Å². The van der Waals surface area contributed by atoms with Crippen molar-refractivity contribution in [3.63, 3.8) is 0 Å². The van der Waals surface area contributed by atoms with E-state index in [1.165, 1.54) is 16.7 Å². The maximum absolute atomic E-state index is 6.07. The maximum Gasteiger partial charge on any atom is 0.126 e. The minimum atomic E-state index is 0.0391. The highest BCUT2D eigenvalue weighted by Gasteiger charge is 2.27. The van der Waals surface area contributed by atoms with Gasteiger partial charge >= 0.3 is 0 Å². The monoisotopic (exact) mass is 350 g/mol. The van der Waals surface area contributed by atoms with Crippen LogP contribution in [0.4, 0.5) is 0 Å². The van der Waals surface area contributed by atoms with Gasteiger partial charge in [0.2, 0.25) is 0 Å². The Balaban J connectivity index is 3.46. The van der Waals surface area contributed by atoms with E-state index in [-0.39, 0.29) is 10.8 Å². The standard InChI is InChI=1S/C20H30OS2/c1-9-21-18-16(19(3,4)5)13-15(11-12-23-22-10-2)14-17(18)20(6,7)8/h10-14H,2,9H2,1,3-8H3/b12-11+. The largest absolute Gasteiger partial charge is 0.493 e. The summed E-state index contributed by atoms with van der Waals surface area (Å²) in [6, 6.07) is 4.52. The Kier molecular flexibility index (Phi) is 7.34. The van der Waals surface area contributed by atoms with E-state index in [1.807, 2.05) is 5.41 Å². The van der Waals surface area contributed by atoms with Crippen molar-refractivity contribution in [1.82, 2.24) is 0 Å². The molecular formula is C20H30OS2. The van der Waals surface area contributed by atoms with E-state index in [9.17, 15) is 0 Å². The molecule has 0 aromatic heterocycles. The summed E-state index contributed by atoms with van der Waals surface area (Å²) in [7, 11) is 3.30. The highest BCUT2D eigenvalue weighted by molar-refractivity contribution is 8.79. The van der Waals surface area contributed by atoms with Gasteiger partial charge in [0.25, 0.3) is 0 Å². The summed E-state index contributed by atoms with van der Waals surface area (Å²) in [5.41, 5.74) is 3.84. The highest BCUT2D eigenvalue weighted by Crippen LogP contribution is 2.41. The first-order chi connectivity index (χ1) is 10.6. The summed E-state index contributed by atoms with van der Waals surface area (Å²) in [5.74, 6) is 1.05. The predicted octanol–water partition coefficient (Wildman–Crippen LogP) is 7.18. The molecule has 1 nitrogen and oxygen atoms in total. The van der Waals surface area contributed by atoms with Crippen LogP contribution in [0.3, 0.4) is 0 Å². The summed E-state index contributed by atoms with van der Waals surface area (Å²) < 4.78 is 6.07. The van der Waals surface area contributed by atoms with Crippen LogP contribution in [0.2, 0.25) is 0 Å². The van der Waals surface area contributed by atoms with Crippen molar-refractivity contribution < 1.29 is 4.74 Å². The van der Waals surface area contributed by atoms with Crippen molar-refractivity contribution in [2.75, 3.05) is 6.61 Å². The third-order valence-electron chi connectivity index (χ3n) is 3.46. The van der Waals surface area contributed by atoms with Crippen molar-refractivity contribution in [2.24, 2.45) is 0 Å². The third kappa shape index (κ3) is 5.96. The number of hydrogen-bond donors (Lipinski definition) is 0. The molecule has 128 valence electrons. The van der Waals surface area contributed by atoms with Crippen LogP contribution < -0.4 is 4.74 Å². The molecular weight excluding hydrogens is 320 g/mol. The molecule has 0 atom stereocenters. The van der Waals surface area contributed by atoms with Crippen LogP contribution in [0.1, 0.15) is 65.2 Å². The molecule has 0 aliphatic rings. The average molecular weight is 351 g/mol. The van der Waals surface area contributed by atoms with Gasteiger partial charge in [0.1, 0.15) is 5.75 Å². The molecule has 0 heterocycles. The summed E-state index contributed by atoms with van der Waals surface area (Å²) in [4.78, 5) is 0. The molecule has 0 saturated carbocycles. The Morgan fingerprint density at radius 3 is 1.91 bits per heavy atom. The fourth-order valence-corrected chi connectivity index (χ4v) is 3.29. The maximum atomic E-state index is 6.07. The van der Waals surface area contributed by atoms with Crippen LogP contribution >= 0.6 is 21.6 Å². The van der Waals surface area contributed by atoms with Crippen LogP contribution in [0.5, 0.6) is 5.75 Å². The SMILES string of the molecule is C=CSS/C=C/c1cc(C(C)(C)C)c(OCC)c(C(C)(C)C)c1. The Hall–Kier alpha value is -0.800. The molecule has 23 heavy (non-hydrogen) atoms. The second-order valence-electron chi connectivity index (χ2n) is 7.54. The molecule has 0 unspecified atom stereocenters. The molecule has 1 aromatic rings. The minimum absolute atomic E-state index is 0.0391. The van der Waals surface area contributed by atoms with E-state index in [4.69, 9.17) is 4.74 Å². The van der Waals surface area contributed by atoms with Gasteiger partial charge in [0.05, 0.1) is 6.61 Å². The fraction of sp³-hybridized carbons (Fsp3) is 0.500. The molecule has 0 amide bonds. The lowest BCUT2D eigenvalue weighted by Crippen LogP contribution is -2.20. The van der Waals surface area contributed by atoms with Gasteiger partial charge in [-0.15, -0.1) is 0 Å². The zero-order chi connectivity index (χ0) is 17.7. The molecule has 0 fully saturated rings. The molecule has 0 aliphatic carbocycles. The second-order valence-corrected chi connectivity index (χ2v) is 9.69. The number of hydrogen-bond acceptors (Lipinski definition) is 3. The van der Waals surface area contributed by atoms with E-state index < -0.39 is 0 Å². The Bertz CT molecular complexity index is 525. The van der Waals surface area contributed by atoms with Gasteiger partial charge in [-0.25, -0.2) is 0 Å². The van der Waals surface area contributed by atoms with E-state index in [0.717, 1.165) is 5.75 Å². The predicted molar refractivity (Wildman–Crippen MR) is 109 cm³/mol. The Labute approximate surface area is 150 Å². The first kappa shape index (κ1) is 20.2. The van der Waals surface area contributed by atoms with Crippen molar-refractivity contribution in [3.05, 3.63) is 46.2 Å². The normalized spacial score (nSPS) is 12.7. The number of ether oxygens (including phenoxy) is 1. The van der Waals surface area contributed by atoms with E-state index in [0.29, 0.717) is 6.61 Å². The van der Waals surface area contributed by atoms with E-state index >= 15 is 0 Å². The summed E-state index contributed by atoms with van der Waals surface area (Å²) in [5, 5.41) is 3.95. The van der Waals surface area contributed by atoms with Crippen LogP contribution in [-0.2, 0) is 10.8 Å². The third-order valence-corrected chi connectivity index (χ3v) is 5.02. The average Bonchev–Trinajstić information content (AvgIpc) is 2.42. The van der Waals surface area contributed by atoms with Crippen molar-refractivity contribution in [1.29, 1.82) is 0 Å².